The van der Waals surface area contributed by atoms with Gasteiger partial charge in [0.25, 0.3) is 5.69 Å². The van der Waals surface area contributed by atoms with E-state index in [2.05, 4.69) is 20.8 Å². The zero-order chi connectivity index (χ0) is 24.0. The Hall–Kier alpha value is -3.44. The lowest BCUT2D eigenvalue weighted by Crippen LogP contribution is -2.18. The third-order valence-electron chi connectivity index (χ3n) is 4.68. The molecule has 3 rings (SSSR count). The highest BCUT2D eigenvalue weighted by atomic mass is 35.5. The smallest absolute Gasteiger partial charge is 0.271 e. The number of aromatic nitrogens is 3. The van der Waals surface area contributed by atoms with Crippen LogP contribution in [0.5, 0.6) is 0 Å². The van der Waals surface area contributed by atoms with Crippen LogP contribution in [0.3, 0.4) is 0 Å². The highest BCUT2D eigenvalue weighted by Gasteiger charge is 2.16. The number of hydrogen-bond acceptors (Lipinski definition) is 7. The molecule has 0 aliphatic rings. The third kappa shape index (κ3) is 6.30. The minimum absolute atomic E-state index is 0.0254. The summed E-state index contributed by atoms with van der Waals surface area (Å²) in [5.74, 6) is -0.214. The van der Waals surface area contributed by atoms with Crippen molar-refractivity contribution in [2.75, 3.05) is 16.4 Å². The number of hydrogen-bond donors (Lipinski definition) is 2. The van der Waals surface area contributed by atoms with Crippen molar-refractivity contribution in [3.63, 3.8) is 0 Å². The third-order valence-corrected chi connectivity index (χ3v) is 6.03. The minimum Gasteiger partial charge on any atom is -0.325 e. The Kier molecular flexibility index (Phi) is 8.01. The summed E-state index contributed by atoms with van der Waals surface area (Å²) < 4.78 is 1.64. The Morgan fingerprint density at radius 3 is 2.58 bits per heavy atom. The number of nitro benzene ring substituents is 1. The highest BCUT2D eigenvalue weighted by molar-refractivity contribution is 7.99. The summed E-state index contributed by atoms with van der Waals surface area (Å²) >= 11 is 7.13. The van der Waals surface area contributed by atoms with E-state index in [1.807, 2.05) is 31.2 Å². The van der Waals surface area contributed by atoms with Crippen LogP contribution in [0.15, 0.2) is 47.6 Å². The number of nitrogens with one attached hydrogen (secondary N) is 2. The van der Waals surface area contributed by atoms with Crippen molar-refractivity contribution >= 4 is 52.2 Å². The monoisotopic (exact) mass is 488 g/mol. The fourth-order valence-electron chi connectivity index (χ4n) is 2.95. The zero-order valence-electron chi connectivity index (χ0n) is 17.9. The molecular formula is C21H21ClN6O4S. The number of aryl methyl sites for hydroxylation is 1. The van der Waals surface area contributed by atoms with Gasteiger partial charge in [-0.3, -0.25) is 19.7 Å². The molecule has 0 aliphatic carbocycles. The first-order valence-electron chi connectivity index (χ1n) is 9.91. The Morgan fingerprint density at radius 2 is 1.85 bits per heavy atom. The van der Waals surface area contributed by atoms with Gasteiger partial charge in [-0.15, -0.1) is 10.2 Å². The molecule has 10 nitrogen and oxygen atoms in total. The second-order valence-electron chi connectivity index (χ2n) is 6.95. The van der Waals surface area contributed by atoms with Crippen LogP contribution in [-0.2, 0) is 29.5 Å². The summed E-state index contributed by atoms with van der Waals surface area (Å²) in [5, 5.41) is 25.1. The maximum Gasteiger partial charge on any atom is 0.271 e. The van der Waals surface area contributed by atoms with Crippen LogP contribution < -0.4 is 10.6 Å². The number of rotatable bonds is 9. The largest absolute Gasteiger partial charge is 0.325 e. The molecule has 2 aromatic carbocycles. The van der Waals surface area contributed by atoms with E-state index in [4.69, 9.17) is 11.6 Å². The van der Waals surface area contributed by atoms with Gasteiger partial charge in [0.2, 0.25) is 11.8 Å². The molecule has 2 N–H and O–H groups in total. The van der Waals surface area contributed by atoms with E-state index >= 15 is 0 Å². The van der Waals surface area contributed by atoms with Gasteiger partial charge in [0.15, 0.2) is 5.16 Å². The van der Waals surface area contributed by atoms with Crippen molar-refractivity contribution < 1.29 is 14.5 Å². The summed E-state index contributed by atoms with van der Waals surface area (Å²) in [6.07, 6.45) is 0.822. The van der Waals surface area contributed by atoms with Crippen LogP contribution in [0.4, 0.5) is 17.1 Å². The Balaban J connectivity index is 1.58. The van der Waals surface area contributed by atoms with E-state index in [1.54, 1.807) is 11.6 Å². The number of nitrogens with zero attached hydrogens (tertiary/aromatic N) is 4. The van der Waals surface area contributed by atoms with Gasteiger partial charge in [0.1, 0.15) is 5.82 Å². The van der Waals surface area contributed by atoms with Gasteiger partial charge in [-0.05, 0) is 24.1 Å². The number of halogens is 1. The predicted molar refractivity (Wildman–Crippen MR) is 127 cm³/mol. The van der Waals surface area contributed by atoms with Crippen LogP contribution in [0.25, 0.3) is 0 Å². The lowest BCUT2D eigenvalue weighted by Gasteiger charge is -2.09. The molecule has 0 unspecified atom stereocenters. The number of para-hydroxylation sites is 1. The fourth-order valence-corrected chi connectivity index (χ4v) is 3.85. The molecule has 0 aliphatic heterocycles. The minimum atomic E-state index is -0.571. The van der Waals surface area contributed by atoms with Gasteiger partial charge >= 0.3 is 0 Å². The molecule has 0 saturated heterocycles. The van der Waals surface area contributed by atoms with Crippen molar-refractivity contribution in [3.05, 3.63) is 69.0 Å². The fraction of sp³-hybridized carbons (Fsp3) is 0.238. The lowest BCUT2D eigenvalue weighted by molar-refractivity contribution is -0.384. The topological polar surface area (TPSA) is 132 Å². The molecule has 0 atom stereocenters. The van der Waals surface area contributed by atoms with Crippen LogP contribution in [0.1, 0.15) is 18.3 Å². The Morgan fingerprint density at radius 1 is 1.12 bits per heavy atom. The van der Waals surface area contributed by atoms with Crippen molar-refractivity contribution in [2.24, 2.45) is 7.05 Å². The molecule has 172 valence electrons. The summed E-state index contributed by atoms with van der Waals surface area (Å²) in [6.45, 7) is 2.01. The van der Waals surface area contributed by atoms with E-state index in [0.29, 0.717) is 11.0 Å². The lowest BCUT2D eigenvalue weighted by atomic mass is 10.1. The Labute approximate surface area is 198 Å². The maximum absolute atomic E-state index is 12.5. The molecule has 3 aromatic rings. The molecule has 0 fully saturated rings. The van der Waals surface area contributed by atoms with Crippen molar-refractivity contribution in [1.29, 1.82) is 0 Å². The highest BCUT2D eigenvalue weighted by Crippen LogP contribution is 2.27. The summed E-state index contributed by atoms with van der Waals surface area (Å²) in [6, 6.07) is 11.4. The van der Waals surface area contributed by atoms with Gasteiger partial charge < -0.3 is 15.2 Å². The first-order chi connectivity index (χ1) is 15.8. The average molecular weight is 489 g/mol. The molecule has 1 aromatic heterocycles. The number of nitro groups is 1. The second-order valence-corrected chi connectivity index (χ2v) is 8.30. The molecule has 33 heavy (non-hydrogen) atoms. The molecule has 0 bridgehead atoms. The molecule has 1 heterocycles. The number of benzene rings is 2. The maximum atomic E-state index is 12.5. The van der Waals surface area contributed by atoms with Crippen LogP contribution in [-0.4, -0.2) is 37.3 Å². The number of carbonyl (C=O) groups is 2. The standard InChI is InChI=1S/C21H21ClN6O4S/c1-3-13-6-4-5-7-16(13)23-19(29)11-18-25-26-21(27(18)2)33-12-20(30)24-17-10-14(28(31)32)8-9-15(17)22/h4-10H,3,11-12H2,1-2H3,(H,23,29)(H,24,30). The van der Waals surface area contributed by atoms with E-state index in [9.17, 15) is 19.7 Å². The second kappa shape index (κ2) is 10.9. The summed E-state index contributed by atoms with van der Waals surface area (Å²) in [5.41, 5.74) is 1.77. The average Bonchev–Trinajstić information content (AvgIpc) is 3.13. The molecule has 2 amide bonds. The van der Waals surface area contributed by atoms with Gasteiger partial charge in [0.05, 0.1) is 27.8 Å². The number of non-ortho nitro benzene ring substituents is 1. The van der Waals surface area contributed by atoms with E-state index < -0.39 is 10.8 Å². The molecule has 0 radical (unpaired) electrons. The van der Waals surface area contributed by atoms with E-state index in [1.165, 1.54) is 18.2 Å². The molecule has 12 heteroatoms. The summed E-state index contributed by atoms with van der Waals surface area (Å²) in [4.78, 5) is 35.1. The molecule has 0 saturated carbocycles. The van der Waals surface area contributed by atoms with Gasteiger partial charge in [0, 0.05) is 24.9 Å². The van der Waals surface area contributed by atoms with Gasteiger partial charge in [-0.2, -0.15) is 0 Å². The van der Waals surface area contributed by atoms with Gasteiger partial charge in [-0.25, -0.2) is 0 Å². The predicted octanol–water partition coefficient (Wildman–Crippen LogP) is 3.85. The van der Waals surface area contributed by atoms with Crippen LogP contribution >= 0.6 is 23.4 Å². The Bertz CT molecular complexity index is 1200. The molecule has 0 spiro atoms. The van der Waals surface area contributed by atoms with Crippen molar-refractivity contribution in [2.45, 2.75) is 24.9 Å². The number of amides is 2. The van der Waals surface area contributed by atoms with Crippen molar-refractivity contribution in [3.8, 4) is 0 Å². The molecular weight excluding hydrogens is 468 g/mol. The summed E-state index contributed by atoms with van der Waals surface area (Å²) in [7, 11) is 1.71. The normalized spacial score (nSPS) is 10.6. The van der Waals surface area contributed by atoms with Crippen LogP contribution in [0.2, 0.25) is 5.02 Å². The van der Waals surface area contributed by atoms with E-state index in [0.717, 1.165) is 29.4 Å². The number of carbonyl (C=O) groups excluding carboxylic acids is 2. The van der Waals surface area contributed by atoms with E-state index in [-0.39, 0.29) is 34.5 Å². The number of thioether (sulfide) groups is 1. The first kappa shape index (κ1) is 24.2. The quantitative estimate of drug-likeness (QED) is 0.265. The van der Waals surface area contributed by atoms with Gasteiger partial charge in [-0.1, -0.05) is 48.5 Å². The zero-order valence-corrected chi connectivity index (χ0v) is 19.4. The first-order valence-corrected chi connectivity index (χ1v) is 11.3. The SMILES string of the molecule is CCc1ccccc1NC(=O)Cc1nnc(SCC(=O)Nc2cc([N+](=O)[O-])ccc2Cl)n1C. The number of anilines is 2. The van der Waals surface area contributed by atoms with Crippen LogP contribution in [0, 0.1) is 10.1 Å². The van der Waals surface area contributed by atoms with Crippen molar-refractivity contribution in [1.82, 2.24) is 14.8 Å².